The van der Waals surface area contributed by atoms with E-state index in [2.05, 4.69) is 30.9 Å². The molecule has 1 aromatic rings. The Bertz CT molecular complexity index is 526. The van der Waals surface area contributed by atoms with E-state index < -0.39 is 0 Å². The predicted octanol–water partition coefficient (Wildman–Crippen LogP) is 0.971. The Kier molecular flexibility index (Phi) is 2.71. The van der Waals surface area contributed by atoms with Gasteiger partial charge in [0.25, 0.3) is 0 Å². The zero-order valence-electron chi connectivity index (χ0n) is 10.4. The lowest BCUT2D eigenvalue weighted by Gasteiger charge is -2.25. The summed E-state index contributed by atoms with van der Waals surface area (Å²) >= 11 is 1.82. The monoisotopic (exact) mass is 250 g/mol. The Balaban J connectivity index is 1.97. The van der Waals surface area contributed by atoms with Gasteiger partial charge in [-0.1, -0.05) is 37.3 Å². The largest absolute Gasteiger partial charge is 0.378 e. The minimum atomic E-state index is 0.253. The molecule has 0 aromatic carbocycles. The maximum atomic E-state index is 5.38. The first-order valence-electron chi connectivity index (χ1n) is 6.17. The minimum Gasteiger partial charge on any atom is -0.378 e. The van der Waals surface area contributed by atoms with Gasteiger partial charge in [0.1, 0.15) is 0 Å². The Morgan fingerprint density at radius 2 is 2.12 bits per heavy atom. The number of morpholine rings is 1. The molecule has 1 aliphatic heterocycles. The molecule has 1 aliphatic carbocycles. The van der Waals surface area contributed by atoms with E-state index in [1.807, 2.05) is 11.3 Å². The zero-order chi connectivity index (χ0) is 11.9. The quantitative estimate of drug-likeness (QED) is 0.742. The summed E-state index contributed by atoms with van der Waals surface area (Å²) in [5.41, 5.74) is 0.253. The molecule has 2 heterocycles. The number of fused-ring (bicyclic) bond motifs is 1. The average Bonchev–Trinajstić information content (AvgIpc) is 2.71. The number of hydrogen-bond donors (Lipinski definition) is 0. The van der Waals surface area contributed by atoms with E-state index in [0.717, 1.165) is 37.9 Å². The molecule has 1 aromatic heterocycles. The molecule has 17 heavy (non-hydrogen) atoms. The van der Waals surface area contributed by atoms with Crippen LogP contribution in [0.25, 0.3) is 12.2 Å². The first-order chi connectivity index (χ1) is 8.14. The number of thiazole rings is 1. The topological polar surface area (TPSA) is 25.4 Å². The van der Waals surface area contributed by atoms with Crippen molar-refractivity contribution in [2.45, 2.75) is 20.3 Å². The maximum absolute atomic E-state index is 5.38. The van der Waals surface area contributed by atoms with Crippen molar-refractivity contribution in [3.8, 4) is 0 Å². The second-order valence-electron chi connectivity index (χ2n) is 5.39. The number of anilines is 1. The summed E-state index contributed by atoms with van der Waals surface area (Å²) in [6, 6.07) is 0. The summed E-state index contributed by atoms with van der Waals surface area (Å²) in [4.78, 5) is 7.11. The van der Waals surface area contributed by atoms with E-state index in [1.54, 1.807) is 0 Å². The molecule has 92 valence electrons. The first kappa shape index (κ1) is 11.2. The van der Waals surface area contributed by atoms with Crippen LogP contribution in [0.15, 0.2) is 0 Å². The third-order valence-corrected chi connectivity index (χ3v) is 4.42. The van der Waals surface area contributed by atoms with E-state index in [1.165, 1.54) is 9.88 Å². The molecule has 2 aliphatic rings. The fourth-order valence-corrected chi connectivity index (χ4v) is 3.28. The second kappa shape index (κ2) is 4.10. The van der Waals surface area contributed by atoms with Crippen LogP contribution >= 0.6 is 11.3 Å². The summed E-state index contributed by atoms with van der Waals surface area (Å²) in [5.74, 6) is 0. The van der Waals surface area contributed by atoms with Gasteiger partial charge in [-0.15, -0.1) is 0 Å². The number of hydrogen-bond acceptors (Lipinski definition) is 4. The molecule has 1 fully saturated rings. The minimum absolute atomic E-state index is 0.253. The van der Waals surface area contributed by atoms with Crippen molar-refractivity contribution in [3.05, 3.63) is 9.88 Å². The van der Waals surface area contributed by atoms with Crippen LogP contribution in [0.4, 0.5) is 5.13 Å². The van der Waals surface area contributed by atoms with Crippen LogP contribution in [0, 0.1) is 5.41 Å². The van der Waals surface area contributed by atoms with Crippen LogP contribution in [0.1, 0.15) is 20.3 Å². The van der Waals surface area contributed by atoms with Gasteiger partial charge in [-0.3, -0.25) is 0 Å². The van der Waals surface area contributed by atoms with E-state index in [9.17, 15) is 0 Å². The fourth-order valence-electron chi connectivity index (χ4n) is 2.26. The fraction of sp³-hybridized carbons (Fsp3) is 0.615. The number of nitrogens with zero attached hydrogens (tertiary/aromatic N) is 2. The highest BCUT2D eigenvalue weighted by molar-refractivity contribution is 7.13. The normalized spacial score (nSPS) is 22.6. The molecule has 0 amide bonds. The Morgan fingerprint density at radius 3 is 2.88 bits per heavy atom. The van der Waals surface area contributed by atoms with Crippen molar-refractivity contribution in [2.24, 2.45) is 5.41 Å². The smallest absolute Gasteiger partial charge is 0.186 e. The molecule has 1 saturated heterocycles. The third kappa shape index (κ3) is 2.24. The van der Waals surface area contributed by atoms with Gasteiger partial charge in [0, 0.05) is 13.1 Å². The number of ether oxygens (including phenoxy) is 1. The molecule has 0 saturated carbocycles. The SMILES string of the molecule is CC1(C)C=c2nc(N3CCOCC3)sc2=CC1. The van der Waals surface area contributed by atoms with Crippen LogP contribution in [-0.2, 0) is 4.74 Å². The molecule has 4 heteroatoms. The molecule has 0 spiro atoms. The summed E-state index contributed by atoms with van der Waals surface area (Å²) in [6.45, 7) is 8.11. The van der Waals surface area contributed by atoms with Crippen LogP contribution in [0.5, 0.6) is 0 Å². The Labute approximate surface area is 105 Å². The predicted molar refractivity (Wildman–Crippen MR) is 71.7 cm³/mol. The molecule has 0 radical (unpaired) electrons. The maximum Gasteiger partial charge on any atom is 0.186 e. The van der Waals surface area contributed by atoms with E-state index >= 15 is 0 Å². The van der Waals surface area contributed by atoms with Crippen molar-refractivity contribution >= 4 is 28.6 Å². The van der Waals surface area contributed by atoms with E-state index in [-0.39, 0.29) is 5.41 Å². The van der Waals surface area contributed by atoms with Gasteiger partial charge in [0.05, 0.1) is 23.1 Å². The summed E-state index contributed by atoms with van der Waals surface area (Å²) in [7, 11) is 0. The van der Waals surface area contributed by atoms with Crippen LogP contribution in [0.3, 0.4) is 0 Å². The second-order valence-corrected chi connectivity index (χ2v) is 6.40. The average molecular weight is 250 g/mol. The third-order valence-electron chi connectivity index (χ3n) is 3.29. The summed E-state index contributed by atoms with van der Waals surface area (Å²) in [6.07, 6.45) is 5.75. The first-order valence-corrected chi connectivity index (χ1v) is 6.98. The summed E-state index contributed by atoms with van der Waals surface area (Å²) < 4.78 is 6.71. The van der Waals surface area contributed by atoms with Crippen LogP contribution < -0.4 is 14.8 Å². The van der Waals surface area contributed by atoms with Gasteiger partial charge in [-0.25, -0.2) is 4.98 Å². The molecular formula is C13H18N2OS. The Morgan fingerprint density at radius 1 is 1.35 bits per heavy atom. The zero-order valence-corrected chi connectivity index (χ0v) is 11.2. The Hall–Kier alpha value is -0.870. The van der Waals surface area contributed by atoms with Crippen molar-refractivity contribution in [2.75, 3.05) is 31.2 Å². The lowest BCUT2D eigenvalue weighted by Crippen LogP contribution is -2.36. The van der Waals surface area contributed by atoms with Gasteiger partial charge < -0.3 is 9.64 Å². The highest BCUT2D eigenvalue weighted by Crippen LogP contribution is 2.25. The molecule has 3 rings (SSSR count). The highest BCUT2D eigenvalue weighted by Gasteiger charge is 2.19. The molecule has 0 bridgehead atoms. The van der Waals surface area contributed by atoms with Crippen LogP contribution in [-0.4, -0.2) is 31.3 Å². The molecule has 0 unspecified atom stereocenters. The molecule has 3 nitrogen and oxygen atoms in total. The van der Waals surface area contributed by atoms with Crippen LogP contribution in [0.2, 0.25) is 0 Å². The molecular weight excluding hydrogens is 232 g/mol. The standard InChI is InChI=1S/C13H18N2OS/c1-13(2)4-3-11-10(9-13)14-12(17-11)15-5-7-16-8-6-15/h3,9H,4-8H2,1-2H3. The van der Waals surface area contributed by atoms with Crippen molar-refractivity contribution in [3.63, 3.8) is 0 Å². The van der Waals surface area contributed by atoms with Crippen molar-refractivity contribution < 1.29 is 4.74 Å². The van der Waals surface area contributed by atoms with Gasteiger partial charge in [-0.05, 0) is 11.8 Å². The van der Waals surface area contributed by atoms with Crippen molar-refractivity contribution in [1.82, 2.24) is 4.98 Å². The lowest BCUT2D eigenvalue weighted by molar-refractivity contribution is 0.122. The van der Waals surface area contributed by atoms with E-state index in [0.29, 0.717) is 0 Å². The highest BCUT2D eigenvalue weighted by atomic mass is 32.1. The van der Waals surface area contributed by atoms with Gasteiger partial charge >= 0.3 is 0 Å². The number of rotatable bonds is 1. The van der Waals surface area contributed by atoms with Gasteiger partial charge in [0.2, 0.25) is 0 Å². The van der Waals surface area contributed by atoms with Crippen molar-refractivity contribution in [1.29, 1.82) is 0 Å². The van der Waals surface area contributed by atoms with Gasteiger partial charge in [-0.2, -0.15) is 0 Å². The molecule has 0 atom stereocenters. The number of aromatic nitrogens is 1. The van der Waals surface area contributed by atoms with Gasteiger partial charge in [0.15, 0.2) is 5.13 Å². The lowest BCUT2D eigenvalue weighted by atomic mass is 9.87. The summed E-state index contributed by atoms with van der Waals surface area (Å²) in [5, 5.41) is 2.33. The van der Waals surface area contributed by atoms with E-state index in [4.69, 9.17) is 9.72 Å². The molecule has 0 N–H and O–H groups in total.